The fraction of sp³-hybridized carbons (Fsp3) is 0.867. The van der Waals surface area contributed by atoms with E-state index in [0.29, 0.717) is 23.7 Å². The van der Waals surface area contributed by atoms with E-state index in [1.54, 1.807) is 6.92 Å². The summed E-state index contributed by atoms with van der Waals surface area (Å²) in [6.07, 6.45) is 8.06. The summed E-state index contributed by atoms with van der Waals surface area (Å²) in [7, 11) is 0. The van der Waals surface area contributed by atoms with Crippen LogP contribution in [0.2, 0.25) is 0 Å². The Morgan fingerprint density at radius 1 is 1.03 bits per heavy atom. The molecule has 12 unspecified atom stereocenters. The molecule has 1 saturated heterocycles. The van der Waals surface area contributed by atoms with E-state index < -0.39 is 34.8 Å². The Morgan fingerprint density at radius 2 is 1.75 bits per heavy atom. The maximum atomic E-state index is 13.6. The monoisotopic (exact) mass is 498 g/mol. The van der Waals surface area contributed by atoms with Crippen LogP contribution >= 0.6 is 0 Å². The number of fused-ring (bicyclic) bond motifs is 7. The van der Waals surface area contributed by atoms with Crippen molar-refractivity contribution in [1.82, 2.24) is 0 Å². The Bertz CT molecular complexity index is 999. The van der Waals surface area contributed by atoms with Crippen LogP contribution in [-0.4, -0.2) is 29.3 Å². The summed E-state index contributed by atoms with van der Waals surface area (Å²) in [6, 6.07) is 0. The zero-order valence-corrected chi connectivity index (χ0v) is 22.5. The van der Waals surface area contributed by atoms with Crippen LogP contribution in [-0.2, 0) is 28.7 Å². The molecule has 6 rings (SSSR count). The van der Waals surface area contributed by atoms with E-state index >= 15 is 0 Å². The van der Waals surface area contributed by atoms with Crippen LogP contribution in [0.1, 0.15) is 86.0 Å². The molecule has 0 radical (unpaired) electrons. The van der Waals surface area contributed by atoms with Crippen LogP contribution in [0.5, 0.6) is 0 Å². The third-order valence-electron chi connectivity index (χ3n) is 12.0. The molecule has 0 amide bonds. The zero-order valence-electron chi connectivity index (χ0n) is 22.5. The molecule has 198 valence electrons. The number of ketones is 1. The van der Waals surface area contributed by atoms with Crippen molar-refractivity contribution in [3.8, 4) is 0 Å². The summed E-state index contributed by atoms with van der Waals surface area (Å²) in [5, 5.41) is 0. The molecule has 6 fully saturated rings. The predicted molar refractivity (Wildman–Crippen MR) is 131 cm³/mol. The molecule has 0 spiro atoms. The average molecular weight is 499 g/mol. The van der Waals surface area contributed by atoms with Crippen molar-refractivity contribution < 1.29 is 28.7 Å². The van der Waals surface area contributed by atoms with Crippen LogP contribution in [0.25, 0.3) is 0 Å². The molecular formula is C30H42O6. The minimum absolute atomic E-state index is 0.0320. The summed E-state index contributed by atoms with van der Waals surface area (Å²) in [5.41, 5.74) is -1.34. The van der Waals surface area contributed by atoms with Crippen molar-refractivity contribution >= 4 is 23.7 Å². The van der Waals surface area contributed by atoms with E-state index in [1.165, 1.54) is 25.7 Å². The Balaban J connectivity index is 1.19. The van der Waals surface area contributed by atoms with Crippen LogP contribution in [0, 0.1) is 70.5 Å². The fourth-order valence-corrected chi connectivity index (χ4v) is 10.4. The van der Waals surface area contributed by atoms with Gasteiger partial charge in [-0.25, -0.2) is 0 Å². The van der Waals surface area contributed by atoms with Gasteiger partial charge in [0, 0.05) is 11.8 Å². The second kappa shape index (κ2) is 8.14. The van der Waals surface area contributed by atoms with Gasteiger partial charge < -0.3 is 9.47 Å². The lowest BCUT2D eigenvalue weighted by Gasteiger charge is -2.42. The van der Waals surface area contributed by atoms with Gasteiger partial charge in [0.05, 0.1) is 17.3 Å². The first-order chi connectivity index (χ1) is 16.9. The maximum absolute atomic E-state index is 13.6. The minimum Gasteiger partial charge on any atom is -0.459 e. The third kappa shape index (κ3) is 3.48. The van der Waals surface area contributed by atoms with E-state index in [2.05, 4.69) is 13.8 Å². The van der Waals surface area contributed by atoms with Crippen LogP contribution < -0.4 is 0 Å². The van der Waals surface area contributed by atoms with Crippen molar-refractivity contribution in [3.05, 3.63) is 0 Å². The number of carbonyl (C=O) groups excluding carboxylic acids is 4. The molecule has 5 saturated carbocycles. The van der Waals surface area contributed by atoms with Crippen molar-refractivity contribution in [2.75, 3.05) is 0 Å². The number of esters is 3. The van der Waals surface area contributed by atoms with Gasteiger partial charge in [-0.05, 0) is 114 Å². The lowest BCUT2D eigenvalue weighted by Crippen LogP contribution is -2.46. The number of rotatable bonds is 6. The number of hydrogen-bond acceptors (Lipinski definition) is 6. The number of ether oxygens (including phenoxy) is 2. The predicted octanol–water partition coefficient (Wildman–Crippen LogP) is 4.97. The Hall–Kier alpha value is -1.72. The first-order valence-corrected chi connectivity index (χ1v) is 14.4. The van der Waals surface area contributed by atoms with E-state index in [9.17, 15) is 19.2 Å². The van der Waals surface area contributed by atoms with E-state index in [-0.39, 0.29) is 41.8 Å². The fourth-order valence-electron chi connectivity index (χ4n) is 10.4. The molecule has 0 N–H and O–H groups in total. The molecule has 36 heavy (non-hydrogen) atoms. The Morgan fingerprint density at radius 3 is 2.44 bits per heavy atom. The second-order valence-corrected chi connectivity index (χ2v) is 14.3. The summed E-state index contributed by atoms with van der Waals surface area (Å²) >= 11 is 0. The number of Topliss-reactive ketones (excluding diaryl/α,β-unsaturated/α-hetero) is 1. The zero-order chi connectivity index (χ0) is 25.7. The first kappa shape index (κ1) is 24.6. The Kier molecular flexibility index (Phi) is 5.56. The van der Waals surface area contributed by atoms with Crippen molar-refractivity contribution in [3.63, 3.8) is 0 Å². The molecule has 0 aromatic carbocycles. The second-order valence-electron chi connectivity index (χ2n) is 14.3. The standard InChI is InChI=1S/C30H42O6/c1-14-16-9-20(15(2)31)21(10-16)24(14)25-22(26(32)35-27(25)33)13-29(3,4)28(34)36-30(5)12-17-11-23(30)19-8-6-7-18(17)19/h14,16-25H,6-13H2,1-5H3. The van der Waals surface area contributed by atoms with Crippen LogP contribution in [0.4, 0.5) is 0 Å². The summed E-state index contributed by atoms with van der Waals surface area (Å²) in [5.74, 6) is 1.04. The molecule has 0 aromatic rings. The summed E-state index contributed by atoms with van der Waals surface area (Å²) in [6.45, 7) is 9.62. The molecular weight excluding hydrogens is 456 g/mol. The topological polar surface area (TPSA) is 86.7 Å². The minimum atomic E-state index is -0.909. The molecule has 6 heteroatoms. The summed E-state index contributed by atoms with van der Waals surface area (Å²) in [4.78, 5) is 51.9. The van der Waals surface area contributed by atoms with Gasteiger partial charge in [0.25, 0.3) is 0 Å². The molecule has 6 aliphatic rings. The molecule has 12 atom stereocenters. The van der Waals surface area contributed by atoms with Gasteiger partial charge in [-0.3, -0.25) is 19.2 Å². The van der Waals surface area contributed by atoms with Gasteiger partial charge in [0.2, 0.25) is 0 Å². The van der Waals surface area contributed by atoms with Crippen molar-refractivity contribution in [2.45, 2.75) is 91.6 Å². The lowest BCUT2D eigenvalue weighted by atomic mass is 9.63. The third-order valence-corrected chi connectivity index (χ3v) is 12.0. The maximum Gasteiger partial charge on any atom is 0.317 e. The van der Waals surface area contributed by atoms with E-state index in [1.807, 2.05) is 13.8 Å². The highest BCUT2D eigenvalue weighted by molar-refractivity contribution is 5.97. The van der Waals surface area contributed by atoms with Gasteiger partial charge in [-0.15, -0.1) is 0 Å². The number of carbonyl (C=O) groups is 4. The highest BCUT2D eigenvalue weighted by Gasteiger charge is 2.63. The van der Waals surface area contributed by atoms with Crippen LogP contribution in [0.15, 0.2) is 0 Å². The van der Waals surface area contributed by atoms with E-state index in [0.717, 1.165) is 25.2 Å². The average Bonchev–Trinajstić information content (AvgIpc) is 3.59. The van der Waals surface area contributed by atoms with Gasteiger partial charge in [0.1, 0.15) is 11.4 Å². The highest BCUT2D eigenvalue weighted by Crippen LogP contribution is 2.64. The molecule has 5 aliphatic carbocycles. The molecule has 1 aliphatic heterocycles. The SMILES string of the molecule is CC(=O)C1CC2CC1C(C1C(=O)OC(=O)C1CC(C)(C)C(=O)OC1(C)CC3CC1C1CCCC31)C2C. The summed E-state index contributed by atoms with van der Waals surface area (Å²) < 4.78 is 11.5. The van der Waals surface area contributed by atoms with E-state index in [4.69, 9.17) is 9.47 Å². The van der Waals surface area contributed by atoms with Gasteiger partial charge in [-0.2, -0.15) is 0 Å². The Labute approximate surface area is 214 Å². The smallest absolute Gasteiger partial charge is 0.317 e. The quantitative estimate of drug-likeness (QED) is 0.379. The first-order valence-electron chi connectivity index (χ1n) is 14.4. The molecule has 4 bridgehead atoms. The molecule has 1 heterocycles. The molecule has 6 nitrogen and oxygen atoms in total. The normalized spacial score (nSPS) is 49.0. The number of cyclic esters (lactones) is 2. The van der Waals surface area contributed by atoms with Gasteiger partial charge in [0.15, 0.2) is 0 Å². The molecule has 0 aromatic heterocycles. The lowest BCUT2D eigenvalue weighted by molar-refractivity contribution is -0.179. The number of hydrogen-bond donors (Lipinski definition) is 0. The largest absolute Gasteiger partial charge is 0.459 e. The van der Waals surface area contributed by atoms with Crippen molar-refractivity contribution in [2.24, 2.45) is 70.5 Å². The highest BCUT2D eigenvalue weighted by atomic mass is 16.6. The van der Waals surface area contributed by atoms with Gasteiger partial charge in [-0.1, -0.05) is 13.3 Å². The van der Waals surface area contributed by atoms with Gasteiger partial charge >= 0.3 is 17.9 Å². The van der Waals surface area contributed by atoms with Crippen molar-refractivity contribution in [1.29, 1.82) is 0 Å². The van der Waals surface area contributed by atoms with Crippen LogP contribution in [0.3, 0.4) is 0 Å².